The van der Waals surface area contributed by atoms with E-state index in [0.29, 0.717) is 11.4 Å². The van der Waals surface area contributed by atoms with Gasteiger partial charge in [-0.25, -0.2) is 4.98 Å². The van der Waals surface area contributed by atoms with E-state index in [1.807, 2.05) is 18.2 Å². The lowest BCUT2D eigenvalue weighted by molar-refractivity contribution is -0.136. The smallest absolute Gasteiger partial charge is 0.309 e. The van der Waals surface area contributed by atoms with E-state index in [2.05, 4.69) is 4.98 Å². The topological polar surface area (TPSA) is 76.2 Å². The van der Waals surface area contributed by atoms with Crippen LogP contribution in [0.15, 0.2) is 29.6 Å². The standard InChI is InChI=1S/C11H10N2O2S.ClH/c12-9-4-2-1-3-8(9)11-13-7(6-16-11)5-10(14)15;/h1-4,6H,5,12H2,(H,14,15);1H. The van der Waals surface area contributed by atoms with Gasteiger partial charge in [0.05, 0.1) is 12.1 Å². The summed E-state index contributed by atoms with van der Waals surface area (Å²) >= 11 is 1.40. The van der Waals surface area contributed by atoms with Gasteiger partial charge in [0.1, 0.15) is 5.01 Å². The number of hydrogen-bond acceptors (Lipinski definition) is 4. The van der Waals surface area contributed by atoms with Crippen molar-refractivity contribution in [3.8, 4) is 10.6 Å². The van der Waals surface area contributed by atoms with E-state index < -0.39 is 5.97 Å². The van der Waals surface area contributed by atoms with Crippen LogP contribution >= 0.6 is 23.7 Å². The fraction of sp³-hybridized carbons (Fsp3) is 0.0909. The number of carboxylic acids is 1. The van der Waals surface area contributed by atoms with Gasteiger partial charge in [0, 0.05) is 16.6 Å². The number of benzene rings is 1. The van der Waals surface area contributed by atoms with Gasteiger partial charge >= 0.3 is 5.97 Å². The van der Waals surface area contributed by atoms with Crippen LogP contribution in [0.25, 0.3) is 10.6 Å². The minimum Gasteiger partial charge on any atom is -0.481 e. The number of aromatic nitrogens is 1. The first-order valence-electron chi connectivity index (χ1n) is 4.68. The lowest BCUT2D eigenvalue weighted by Gasteiger charge is -1.99. The number of carboxylic acid groups (broad SMARTS) is 1. The molecule has 0 atom stereocenters. The molecule has 0 saturated carbocycles. The summed E-state index contributed by atoms with van der Waals surface area (Å²) < 4.78 is 0. The quantitative estimate of drug-likeness (QED) is 0.840. The number of nitrogens with two attached hydrogens (primary N) is 1. The van der Waals surface area contributed by atoms with Crippen LogP contribution in [0.3, 0.4) is 0 Å². The third-order valence-corrected chi connectivity index (χ3v) is 3.00. The highest BCUT2D eigenvalue weighted by Crippen LogP contribution is 2.28. The van der Waals surface area contributed by atoms with Crippen molar-refractivity contribution < 1.29 is 9.90 Å². The molecular formula is C11H11ClN2O2S. The molecule has 0 fully saturated rings. The highest BCUT2D eigenvalue weighted by molar-refractivity contribution is 7.13. The molecule has 0 saturated heterocycles. The second kappa shape index (κ2) is 5.65. The third-order valence-electron chi connectivity index (χ3n) is 2.08. The summed E-state index contributed by atoms with van der Waals surface area (Å²) in [7, 11) is 0. The maximum Gasteiger partial charge on any atom is 0.309 e. The number of rotatable bonds is 3. The molecule has 0 unspecified atom stereocenters. The number of para-hydroxylation sites is 1. The highest BCUT2D eigenvalue weighted by atomic mass is 35.5. The molecule has 6 heteroatoms. The number of nitrogens with zero attached hydrogens (tertiary/aromatic N) is 1. The molecule has 4 nitrogen and oxygen atoms in total. The van der Waals surface area contributed by atoms with Crippen LogP contribution in [-0.2, 0) is 11.2 Å². The Balaban J connectivity index is 0.00000144. The maximum absolute atomic E-state index is 10.5. The number of hydrogen-bond donors (Lipinski definition) is 2. The Morgan fingerprint density at radius 3 is 2.76 bits per heavy atom. The molecule has 90 valence electrons. The summed E-state index contributed by atoms with van der Waals surface area (Å²) in [5.41, 5.74) is 7.88. The van der Waals surface area contributed by atoms with Gasteiger partial charge in [-0.1, -0.05) is 12.1 Å². The zero-order chi connectivity index (χ0) is 11.5. The molecule has 17 heavy (non-hydrogen) atoms. The molecule has 2 rings (SSSR count). The van der Waals surface area contributed by atoms with E-state index in [1.165, 1.54) is 11.3 Å². The summed E-state index contributed by atoms with van der Waals surface area (Å²) in [4.78, 5) is 14.8. The largest absolute Gasteiger partial charge is 0.481 e. The zero-order valence-corrected chi connectivity index (χ0v) is 10.4. The van der Waals surface area contributed by atoms with Crippen molar-refractivity contribution in [1.82, 2.24) is 4.98 Å². The Labute approximate surface area is 109 Å². The van der Waals surface area contributed by atoms with Gasteiger partial charge in [-0.2, -0.15) is 0 Å². The zero-order valence-electron chi connectivity index (χ0n) is 8.79. The fourth-order valence-corrected chi connectivity index (χ4v) is 2.23. The van der Waals surface area contributed by atoms with Gasteiger partial charge in [0.15, 0.2) is 0 Å². The summed E-state index contributed by atoms with van der Waals surface area (Å²) in [6, 6.07) is 7.40. The van der Waals surface area contributed by atoms with Gasteiger partial charge in [-0.15, -0.1) is 23.7 Å². The minimum absolute atomic E-state index is 0. The maximum atomic E-state index is 10.5. The number of carbonyl (C=O) groups is 1. The summed E-state index contributed by atoms with van der Waals surface area (Å²) in [6.07, 6.45) is -0.0523. The predicted molar refractivity (Wildman–Crippen MR) is 70.6 cm³/mol. The molecule has 0 aliphatic heterocycles. The molecule has 0 aliphatic carbocycles. The number of aliphatic carboxylic acids is 1. The lowest BCUT2D eigenvalue weighted by atomic mass is 10.2. The molecule has 0 radical (unpaired) electrons. The molecule has 1 aromatic heterocycles. The van der Waals surface area contributed by atoms with E-state index in [4.69, 9.17) is 10.8 Å². The molecule has 0 bridgehead atoms. The van der Waals surface area contributed by atoms with Crippen LogP contribution < -0.4 is 5.73 Å². The number of halogens is 1. The summed E-state index contributed by atoms with van der Waals surface area (Å²) in [5, 5.41) is 11.1. The van der Waals surface area contributed by atoms with Crippen molar-refractivity contribution in [3.05, 3.63) is 35.3 Å². The van der Waals surface area contributed by atoms with Gasteiger partial charge in [0.2, 0.25) is 0 Å². The average Bonchev–Trinajstić information content (AvgIpc) is 2.66. The molecule has 0 spiro atoms. The fourth-order valence-electron chi connectivity index (χ4n) is 1.36. The van der Waals surface area contributed by atoms with Crippen LogP contribution in [-0.4, -0.2) is 16.1 Å². The second-order valence-electron chi connectivity index (χ2n) is 3.30. The SMILES string of the molecule is Cl.Nc1ccccc1-c1nc(CC(=O)O)cs1. The molecule has 0 aliphatic rings. The summed E-state index contributed by atoms with van der Waals surface area (Å²) in [5.74, 6) is -0.877. The Bertz CT molecular complexity index is 528. The first-order valence-corrected chi connectivity index (χ1v) is 5.56. The Kier molecular flexibility index (Phi) is 4.48. The number of thiazole rings is 1. The van der Waals surface area contributed by atoms with Crippen molar-refractivity contribution in [3.63, 3.8) is 0 Å². The van der Waals surface area contributed by atoms with Crippen molar-refractivity contribution in [2.75, 3.05) is 5.73 Å². The first-order chi connectivity index (χ1) is 7.66. The van der Waals surface area contributed by atoms with Crippen LogP contribution in [0.4, 0.5) is 5.69 Å². The molecule has 3 N–H and O–H groups in total. The first kappa shape index (κ1) is 13.5. The van der Waals surface area contributed by atoms with E-state index in [0.717, 1.165) is 10.6 Å². The van der Waals surface area contributed by atoms with Gasteiger partial charge in [-0.05, 0) is 12.1 Å². The predicted octanol–water partition coefficient (Wildman–Crippen LogP) is 2.44. The van der Waals surface area contributed by atoms with Crippen molar-refractivity contribution in [2.24, 2.45) is 0 Å². The summed E-state index contributed by atoms with van der Waals surface area (Å²) in [6.45, 7) is 0. The monoisotopic (exact) mass is 270 g/mol. The number of nitrogen functional groups attached to an aromatic ring is 1. The Hall–Kier alpha value is -1.59. The van der Waals surface area contributed by atoms with E-state index in [1.54, 1.807) is 11.4 Å². The van der Waals surface area contributed by atoms with Gasteiger partial charge in [-0.3, -0.25) is 4.79 Å². The van der Waals surface area contributed by atoms with Crippen LogP contribution in [0.1, 0.15) is 5.69 Å². The minimum atomic E-state index is -0.877. The number of anilines is 1. The molecule has 1 heterocycles. The Morgan fingerprint density at radius 2 is 2.12 bits per heavy atom. The van der Waals surface area contributed by atoms with Gasteiger partial charge in [0.25, 0.3) is 0 Å². The molecular weight excluding hydrogens is 260 g/mol. The van der Waals surface area contributed by atoms with E-state index in [9.17, 15) is 4.79 Å². The van der Waals surface area contributed by atoms with Crippen LogP contribution in [0.2, 0.25) is 0 Å². The van der Waals surface area contributed by atoms with E-state index in [-0.39, 0.29) is 18.8 Å². The van der Waals surface area contributed by atoms with Gasteiger partial charge < -0.3 is 10.8 Å². The second-order valence-corrected chi connectivity index (χ2v) is 4.16. The molecule has 1 aromatic carbocycles. The van der Waals surface area contributed by atoms with Crippen LogP contribution in [0, 0.1) is 0 Å². The Morgan fingerprint density at radius 1 is 1.41 bits per heavy atom. The van der Waals surface area contributed by atoms with Crippen LogP contribution in [0.5, 0.6) is 0 Å². The highest BCUT2D eigenvalue weighted by Gasteiger charge is 2.09. The average molecular weight is 271 g/mol. The van der Waals surface area contributed by atoms with Crippen molar-refractivity contribution in [1.29, 1.82) is 0 Å². The van der Waals surface area contributed by atoms with Crippen molar-refractivity contribution in [2.45, 2.75) is 6.42 Å². The lowest BCUT2D eigenvalue weighted by Crippen LogP contribution is -2.00. The molecule has 2 aromatic rings. The van der Waals surface area contributed by atoms with Crippen molar-refractivity contribution >= 4 is 35.4 Å². The normalized spacial score (nSPS) is 9.65. The molecule has 0 amide bonds. The third kappa shape index (κ3) is 3.18. The van der Waals surface area contributed by atoms with E-state index >= 15 is 0 Å².